The topological polar surface area (TPSA) is 29.5 Å². The number of halogens is 4. The predicted molar refractivity (Wildman–Crippen MR) is 66.2 cm³/mol. The summed E-state index contributed by atoms with van der Waals surface area (Å²) in [6.07, 6.45) is 0. The zero-order chi connectivity index (χ0) is 15.0. The van der Waals surface area contributed by atoms with Crippen molar-refractivity contribution in [3.63, 3.8) is 0 Å². The monoisotopic (exact) mass is 288 g/mol. The maximum atomic E-state index is 13.8. The molecule has 0 heterocycles. The molecule has 0 spiro atoms. The summed E-state index contributed by atoms with van der Waals surface area (Å²) in [5.74, 6) is -6.01. The van der Waals surface area contributed by atoms with Gasteiger partial charge in [-0.15, -0.1) is 0 Å². The summed E-state index contributed by atoms with van der Waals surface area (Å²) in [6, 6.07) is 2.24. The van der Waals surface area contributed by atoms with E-state index in [0.717, 1.165) is 6.07 Å². The van der Waals surface area contributed by atoms with Gasteiger partial charge in [-0.1, -0.05) is 13.8 Å². The van der Waals surface area contributed by atoms with E-state index in [1.54, 1.807) is 13.8 Å². The van der Waals surface area contributed by atoms with Crippen LogP contribution in [0.1, 0.15) is 25.3 Å². The minimum atomic E-state index is -1.76. The zero-order valence-electron chi connectivity index (χ0n) is 10.8. The van der Waals surface area contributed by atoms with Crippen molar-refractivity contribution in [2.45, 2.75) is 19.8 Å². The molecule has 0 fully saturated rings. The Bertz CT molecular complexity index is 668. The summed E-state index contributed by atoms with van der Waals surface area (Å²) in [7, 11) is 0. The van der Waals surface area contributed by atoms with E-state index in [4.69, 9.17) is 0 Å². The predicted octanol–water partition coefficient (Wildman–Crippen LogP) is 4.39. The number of hydrogen-bond acceptors (Lipinski definition) is 2. The van der Waals surface area contributed by atoms with Gasteiger partial charge in [0.05, 0.1) is 0 Å². The maximum absolute atomic E-state index is 13.8. The van der Waals surface area contributed by atoms with Crippen LogP contribution in [0.2, 0.25) is 0 Å². The number of hydrogen-bond donors (Lipinski definition) is 1. The number of rotatable bonds is 3. The average Bonchev–Trinajstić information content (AvgIpc) is 2.40. The highest BCUT2D eigenvalue weighted by atomic mass is 19.2. The number of phenols is 1. The third kappa shape index (κ3) is 2.15. The van der Waals surface area contributed by atoms with E-state index in [1.807, 2.05) is 0 Å². The van der Waals surface area contributed by atoms with E-state index in [2.05, 4.69) is 4.74 Å². The fraction of sp³-hybridized carbons (Fsp3) is 0.286. The second-order valence-corrected chi connectivity index (χ2v) is 4.64. The molecule has 0 saturated heterocycles. The summed E-state index contributed by atoms with van der Waals surface area (Å²) < 4.78 is 57.9. The Balaban J connectivity index is 3.00. The van der Waals surface area contributed by atoms with Crippen LogP contribution in [-0.2, 0) is 0 Å². The van der Waals surface area contributed by atoms with Crippen molar-refractivity contribution >= 4 is 10.8 Å². The first-order chi connectivity index (χ1) is 9.38. The molecule has 2 nitrogen and oxygen atoms in total. The first kappa shape index (κ1) is 14.4. The molecule has 0 radical (unpaired) electrons. The van der Waals surface area contributed by atoms with E-state index < -0.39 is 30.1 Å². The molecule has 0 aliphatic carbocycles. The molecule has 0 aliphatic heterocycles. The molecule has 0 unspecified atom stereocenters. The van der Waals surface area contributed by atoms with Crippen LogP contribution < -0.4 is 4.74 Å². The number of benzene rings is 2. The fourth-order valence-corrected chi connectivity index (χ4v) is 2.14. The molecule has 1 N–H and O–H groups in total. The maximum Gasteiger partial charge on any atom is 0.228 e. The van der Waals surface area contributed by atoms with Gasteiger partial charge in [0, 0.05) is 10.8 Å². The molecule has 2 aromatic carbocycles. The van der Waals surface area contributed by atoms with E-state index in [-0.39, 0.29) is 22.4 Å². The molecule has 0 atom stereocenters. The summed E-state index contributed by atoms with van der Waals surface area (Å²) >= 11 is 0. The minimum Gasteiger partial charge on any atom is -0.508 e. The van der Waals surface area contributed by atoms with E-state index in [1.165, 1.54) is 6.07 Å². The molecule has 6 heteroatoms. The van der Waals surface area contributed by atoms with E-state index >= 15 is 0 Å². The number of phenolic OH excluding ortho intramolecular Hbond substituents is 1. The Morgan fingerprint density at radius 2 is 1.75 bits per heavy atom. The molecule has 0 saturated carbocycles. The van der Waals surface area contributed by atoms with Gasteiger partial charge in [0.1, 0.15) is 5.75 Å². The van der Waals surface area contributed by atoms with Crippen molar-refractivity contribution in [1.82, 2.24) is 0 Å². The van der Waals surface area contributed by atoms with Gasteiger partial charge < -0.3 is 9.84 Å². The van der Waals surface area contributed by atoms with Crippen LogP contribution in [0, 0.1) is 17.5 Å². The normalized spacial score (nSPS) is 11.3. The second kappa shape index (κ2) is 5.19. The van der Waals surface area contributed by atoms with Crippen LogP contribution in [-0.4, -0.2) is 12.0 Å². The third-order valence-corrected chi connectivity index (χ3v) is 3.02. The minimum absolute atomic E-state index is 0.0770. The highest BCUT2D eigenvalue weighted by molar-refractivity contribution is 5.93. The van der Waals surface area contributed by atoms with Crippen molar-refractivity contribution in [3.05, 3.63) is 35.1 Å². The summed E-state index contributed by atoms with van der Waals surface area (Å²) in [6.45, 7) is 2.05. The van der Waals surface area contributed by atoms with Gasteiger partial charge in [-0.25, -0.2) is 13.2 Å². The molecular weight excluding hydrogens is 276 g/mol. The molecule has 2 rings (SSSR count). The third-order valence-electron chi connectivity index (χ3n) is 3.02. The number of aromatic hydroxyl groups is 1. The number of ether oxygens (including phenoxy) is 1. The first-order valence-electron chi connectivity index (χ1n) is 5.90. The fourth-order valence-electron chi connectivity index (χ4n) is 2.14. The number of fused-ring (bicyclic) bond motifs is 1. The van der Waals surface area contributed by atoms with Crippen molar-refractivity contribution in [2.75, 3.05) is 6.86 Å². The van der Waals surface area contributed by atoms with Crippen LogP contribution in [0.25, 0.3) is 10.8 Å². The molecule has 0 aliphatic rings. The van der Waals surface area contributed by atoms with E-state index in [0.29, 0.717) is 5.56 Å². The van der Waals surface area contributed by atoms with Crippen LogP contribution in [0.15, 0.2) is 12.1 Å². The molecule has 2 aromatic rings. The number of alkyl halides is 1. The molecule has 0 aromatic heterocycles. The Hall–Kier alpha value is -1.98. The standard InChI is InChI=1S/C14H12F4O2/c1-6(2)8-3-7(19)4-9-10(8)14(20-5-15)13(18)12(17)11(9)16/h3-4,6,19H,5H2,1-2H3. The quantitative estimate of drug-likeness (QED) is 0.670. The molecular formula is C14H12F4O2. The summed E-state index contributed by atoms with van der Waals surface area (Å²) in [5, 5.41) is 9.14. The SMILES string of the molecule is CC(C)c1cc(O)cc2c(F)c(F)c(F)c(OCF)c12. The average molecular weight is 288 g/mol. The van der Waals surface area contributed by atoms with Crippen LogP contribution in [0.5, 0.6) is 11.5 Å². The second-order valence-electron chi connectivity index (χ2n) is 4.64. The molecule has 0 amide bonds. The molecule has 20 heavy (non-hydrogen) atoms. The van der Waals surface area contributed by atoms with Gasteiger partial charge in [0.25, 0.3) is 0 Å². The van der Waals surface area contributed by atoms with Crippen molar-refractivity contribution in [2.24, 2.45) is 0 Å². The summed E-state index contributed by atoms with van der Waals surface area (Å²) in [4.78, 5) is 0. The lowest BCUT2D eigenvalue weighted by atomic mass is 9.94. The summed E-state index contributed by atoms with van der Waals surface area (Å²) in [5.41, 5.74) is 0.334. The lowest BCUT2D eigenvalue weighted by Crippen LogP contribution is -2.03. The van der Waals surface area contributed by atoms with Crippen LogP contribution in [0.3, 0.4) is 0 Å². The highest BCUT2D eigenvalue weighted by Gasteiger charge is 2.24. The smallest absolute Gasteiger partial charge is 0.228 e. The molecule has 0 bridgehead atoms. The highest BCUT2D eigenvalue weighted by Crippen LogP contribution is 2.40. The Kier molecular flexibility index (Phi) is 3.74. The molecule has 108 valence electrons. The van der Waals surface area contributed by atoms with Gasteiger partial charge >= 0.3 is 0 Å². The van der Waals surface area contributed by atoms with Crippen molar-refractivity contribution < 1.29 is 27.4 Å². The van der Waals surface area contributed by atoms with Crippen molar-refractivity contribution in [3.8, 4) is 11.5 Å². The largest absolute Gasteiger partial charge is 0.508 e. The Morgan fingerprint density at radius 3 is 2.30 bits per heavy atom. The van der Waals surface area contributed by atoms with E-state index in [9.17, 15) is 22.7 Å². The Morgan fingerprint density at radius 1 is 1.10 bits per heavy atom. The lowest BCUT2D eigenvalue weighted by Gasteiger charge is -2.16. The van der Waals surface area contributed by atoms with Crippen molar-refractivity contribution in [1.29, 1.82) is 0 Å². The van der Waals surface area contributed by atoms with Gasteiger partial charge in [-0.05, 0) is 23.6 Å². The van der Waals surface area contributed by atoms with Gasteiger partial charge in [-0.3, -0.25) is 0 Å². The Labute approximate surface area is 112 Å². The van der Waals surface area contributed by atoms with Crippen LogP contribution in [0.4, 0.5) is 17.6 Å². The van der Waals surface area contributed by atoms with Crippen LogP contribution >= 0.6 is 0 Å². The van der Waals surface area contributed by atoms with Gasteiger partial charge in [-0.2, -0.15) is 4.39 Å². The zero-order valence-corrected chi connectivity index (χ0v) is 10.8. The van der Waals surface area contributed by atoms with Gasteiger partial charge in [0.2, 0.25) is 12.7 Å². The first-order valence-corrected chi connectivity index (χ1v) is 5.90. The lowest BCUT2D eigenvalue weighted by molar-refractivity contribution is 0.184. The van der Waals surface area contributed by atoms with Gasteiger partial charge in [0.15, 0.2) is 17.4 Å².